The van der Waals surface area contributed by atoms with Gasteiger partial charge in [0.1, 0.15) is 0 Å². The van der Waals surface area contributed by atoms with Crippen LogP contribution in [0, 0.1) is 5.92 Å². The summed E-state index contributed by atoms with van der Waals surface area (Å²) in [5.41, 5.74) is 2.41. The summed E-state index contributed by atoms with van der Waals surface area (Å²) < 4.78 is 38.7. The summed E-state index contributed by atoms with van der Waals surface area (Å²) in [5.74, 6) is 0.422. The van der Waals surface area contributed by atoms with E-state index in [1.165, 1.54) is 5.56 Å². The minimum Gasteiger partial charge on any atom is -0.171 e. The van der Waals surface area contributed by atoms with Gasteiger partial charge in [0.05, 0.1) is 6.42 Å². The molecule has 2 aromatic rings. The molecule has 2 unspecified atom stereocenters. The van der Waals surface area contributed by atoms with E-state index < -0.39 is 12.6 Å². The highest BCUT2D eigenvalue weighted by Crippen LogP contribution is 2.35. The number of halogens is 3. The van der Waals surface area contributed by atoms with Gasteiger partial charge in [0.25, 0.3) is 0 Å². The monoisotopic (exact) mass is 320 g/mol. The van der Waals surface area contributed by atoms with Crippen molar-refractivity contribution in [3.63, 3.8) is 0 Å². The molecule has 0 spiro atoms. The molecule has 0 aromatic heterocycles. The van der Waals surface area contributed by atoms with Gasteiger partial charge in [-0.3, -0.25) is 0 Å². The summed E-state index contributed by atoms with van der Waals surface area (Å²) >= 11 is 0. The molecule has 3 heteroatoms. The van der Waals surface area contributed by atoms with E-state index in [2.05, 4.69) is 13.8 Å². The Morgan fingerprint density at radius 3 is 2.13 bits per heavy atom. The van der Waals surface area contributed by atoms with Crippen LogP contribution in [0.15, 0.2) is 54.6 Å². The minimum atomic E-state index is -4.18. The molecule has 0 amide bonds. The van der Waals surface area contributed by atoms with Gasteiger partial charge < -0.3 is 0 Å². The highest BCUT2D eigenvalue weighted by molar-refractivity contribution is 5.33. The van der Waals surface area contributed by atoms with Gasteiger partial charge in [-0.25, -0.2) is 0 Å². The maximum absolute atomic E-state index is 12.9. The van der Waals surface area contributed by atoms with Gasteiger partial charge >= 0.3 is 6.18 Å². The van der Waals surface area contributed by atoms with Crippen LogP contribution < -0.4 is 0 Å². The Hall–Kier alpha value is -1.77. The van der Waals surface area contributed by atoms with E-state index in [1.54, 1.807) is 12.1 Å². The third kappa shape index (κ3) is 5.12. The molecule has 2 aromatic carbocycles. The molecule has 0 aliphatic heterocycles. The lowest BCUT2D eigenvalue weighted by Crippen LogP contribution is -2.18. The lowest BCUT2D eigenvalue weighted by atomic mass is 9.79. The SMILES string of the molecule is CCC(C)C(Cc1ccccc1)c1ccccc1CC(F)(F)F. The van der Waals surface area contributed by atoms with Crippen LogP contribution in [0.25, 0.3) is 0 Å². The topological polar surface area (TPSA) is 0 Å². The summed E-state index contributed by atoms with van der Waals surface area (Å²) in [6.45, 7) is 4.22. The summed E-state index contributed by atoms with van der Waals surface area (Å²) in [5, 5.41) is 0. The predicted octanol–water partition coefficient (Wildman–Crippen LogP) is 6.16. The summed E-state index contributed by atoms with van der Waals surface area (Å²) in [7, 11) is 0. The fourth-order valence-electron chi connectivity index (χ4n) is 3.04. The molecule has 0 heterocycles. The first-order valence-electron chi connectivity index (χ1n) is 8.09. The fourth-order valence-corrected chi connectivity index (χ4v) is 3.04. The Bertz CT molecular complexity index is 602. The van der Waals surface area contributed by atoms with Crippen molar-refractivity contribution >= 4 is 0 Å². The molecule has 0 aliphatic carbocycles. The van der Waals surface area contributed by atoms with E-state index in [0.29, 0.717) is 11.5 Å². The van der Waals surface area contributed by atoms with Crippen LogP contribution in [-0.2, 0) is 12.8 Å². The zero-order valence-corrected chi connectivity index (χ0v) is 13.6. The van der Waals surface area contributed by atoms with Gasteiger partial charge in [0.15, 0.2) is 0 Å². The van der Waals surface area contributed by atoms with Crippen molar-refractivity contribution in [2.45, 2.75) is 45.2 Å². The summed E-state index contributed by atoms with van der Waals surface area (Å²) in [6, 6.07) is 17.0. The molecule has 2 atom stereocenters. The van der Waals surface area contributed by atoms with Gasteiger partial charge in [-0.05, 0) is 34.9 Å². The van der Waals surface area contributed by atoms with Crippen LogP contribution in [0.4, 0.5) is 13.2 Å². The largest absolute Gasteiger partial charge is 0.393 e. The van der Waals surface area contributed by atoms with Crippen molar-refractivity contribution in [3.05, 3.63) is 71.3 Å². The first-order valence-corrected chi connectivity index (χ1v) is 8.09. The first kappa shape index (κ1) is 17.6. The highest BCUT2D eigenvalue weighted by atomic mass is 19.4. The van der Waals surface area contributed by atoms with Crippen molar-refractivity contribution in [3.8, 4) is 0 Å². The smallest absolute Gasteiger partial charge is 0.171 e. The second-order valence-corrected chi connectivity index (χ2v) is 6.17. The van der Waals surface area contributed by atoms with E-state index in [0.717, 1.165) is 18.4 Å². The van der Waals surface area contributed by atoms with Gasteiger partial charge in [0, 0.05) is 0 Å². The van der Waals surface area contributed by atoms with E-state index >= 15 is 0 Å². The van der Waals surface area contributed by atoms with E-state index in [9.17, 15) is 13.2 Å². The molecule has 0 N–H and O–H groups in total. The maximum atomic E-state index is 12.9. The number of hydrogen-bond donors (Lipinski definition) is 0. The molecule has 0 bridgehead atoms. The molecule has 0 fully saturated rings. The molecule has 0 radical (unpaired) electrons. The van der Waals surface area contributed by atoms with Crippen LogP contribution >= 0.6 is 0 Å². The Labute approximate surface area is 136 Å². The molecule has 0 aliphatic rings. The van der Waals surface area contributed by atoms with Crippen molar-refractivity contribution in [2.75, 3.05) is 0 Å². The third-order valence-electron chi connectivity index (χ3n) is 4.47. The standard InChI is InChI=1S/C20H23F3/c1-3-15(2)19(13-16-9-5-4-6-10-16)18-12-8-7-11-17(18)14-20(21,22)23/h4-12,15,19H,3,13-14H2,1-2H3. The second-order valence-electron chi connectivity index (χ2n) is 6.17. The Kier molecular flexibility index (Phi) is 5.86. The average Bonchev–Trinajstić information content (AvgIpc) is 2.52. The quantitative estimate of drug-likeness (QED) is 0.597. The van der Waals surface area contributed by atoms with Crippen molar-refractivity contribution < 1.29 is 13.2 Å². The lowest BCUT2D eigenvalue weighted by Gasteiger charge is -2.26. The zero-order valence-electron chi connectivity index (χ0n) is 13.6. The van der Waals surface area contributed by atoms with E-state index in [1.807, 2.05) is 42.5 Å². The van der Waals surface area contributed by atoms with Gasteiger partial charge in [-0.15, -0.1) is 0 Å². The van der Waals surface area contributed by atoms with Crippen LogP contribution in [0.3, 0.4) is 0 Å². The number of alkyl halides is 3. The zero-order chi connectivity index (χ0) is 16.9. The van der Waals surface area contributed by atoms with Crippen molar-refractivity contribution in [2.24, 2.45) is 5.92 Å². The van der Waals surface area contributed by atoms with Crippen molar-refractivity contribution in [1.29, 1.82) is 0 Å². The number of benzene rings is 2. The molecule has 23 heavy (non-hydrogen) atoms. The Morgan fingerprint density at radius 1 is 0.913 bits per heavy atom. The molecule has 0 nitrogen and oxygen atoms in total. The van der Waals surface area contributed by atoms with Crippen molar-refractivity contribution in [1.82, 2.24) is 0 Å². The summed E-state index contributed by atoms with van der Waals surface area (Å²) in [4.78, 5) is 0. The molecule has 124 valence electrons. The third-order valence-corrected chi connectivity index (χ3v) is 4.47. The van der Waals surface area contributed by atoms with Crippen LogP contribution in [0.1, 0.15) is 42.9 Å². The normalized spacial score (nSPS) is 14.5. The molecule has 0 saturated heterocycles. The van der Waals surface area contributed by atoms with Crippen LogP contribution in [0.2, 0.25) is 0 Å². The number of hydrogen-bond acceptors (Lipinski definition) is 0. The predicted molar refractivity (Wildman–Crippen MR) is 88.5 cm³/mol. The molecular weight excluding hydrogens is 297 g/mol. The van der Waals surface area contributed by atoms with Gasteiger partial charge in [-0.1, -0.05) is 74.9 Å². The second kappa shape index (κ2) is 7.67. The average molecular weight is 320 g/mol. The lowest BCUT2D eigenvalue weighted by molar-refractivity contribution is -0.127. The summed E-state index contributed by atoms with van der Waals surface area (Å²) in [6.07, 6.45) is -3.32. The van der Waals surface area contributed by atoms with Gasteiger partial charge in [-0.2, -0.15) is 13.2 Å². The maximum Gasteiger partial charge on any atom is 0.393 e. The highest BCUT2D eigenvalue weighted by Gasteiger charge is 2.30. The van der Waals surface area contributed by atoms with E-state index in [-0.39, 0.29) is 5.92 Å². The van der Waals surface area contributed by atoms with E-state index in [4.69, 9.17) is 0 Å². The number of rotatable bonds is 6. The molecule has 0 saturated carbocycles. The Morgan fingerprint density at radius 2 is 1.52 bits per heavy atom. The molecular formula is C20H23F3. The van der Waals surface area contributed by atoms with Crippen LogP contribution in [0.5, 0.6) is 0 Å². The first-order chi connectivity index (χ1) is 10.9. The fraction of sp³-hybridized carbons (Fsp3) is 0.400. The molecule has 2 rings (SSSR count). The minimum absolute atomic E-state index is 0.0981. The Balaban J connectivity index is 2.36. The van der Waals surface area contributed by atoms with Gasteiger partial charge in [0.2, 0.25) is 0 Å². The van der Waals surface area contributed by atoms with Crippen LogP contribution in [-0.4, -0.2) is 6.18 Å².